The van der Waals surface area contributed by atoms with E-state index in [1.807, 2.05) is 13.8 Å². The van der Waals surface area contributed by atoms with Crippen molar-refractivity contribution in [2.24, 2.45) is 0 Å². The lowest BCUT2D eigenvalue weighted by Crippen LogP contribution is -2.36. The summed E-state index contributed by atoms with van der Waals surface area (Å²) in [6.07, 6.45) is 0. The van der Waals surface area contributed by atoms with E-state index in [4.69, 9.17) is 9.47 Å². The first-order valence-electron chi connectivity index (χ1n) is 4.00. The van der Waals surface area contributed by atoms with Gasteiger partial charge in [0.05, 0.1) is 13.2 Å². The molecule has 11 heavy (non-hydrogen) atoms. The highest BCUT2D eigenvalue weighted by Crippen LogP contribution is 2.03. The summed E-state index contributed by atoms with van der Waals surface area (Å²) in [4.78, 5) is 0. The van der Waals surface area contributed by atoms with E-state index in [2.05, 4.69) is 0 Å². The third-order valence-corrected chi connectivity index (χ3v) is 1.23. The molecule has 0 heterocycles. The van der Waals surface area contributed by atoms with Crippen molar-refractivity contribution in [3.8, 4) is 0 Å². The summed E-state index contributed by atoms with van der Waals surface area (Å²) >= 11 is 0. The number of hydrogen-bond donors (Lipinski definition) is 1. The lowest BCUT2D eigenvalue weighted by atomic mass is 10.1. The van der Waals surface area contributed by atoms with Gasteiger partial charge in [0.25, 0.3) is 0 Å². The number of hydrogen-bond acceptors (Lipinski definition) is 3. The minimum Gasteiger partial charge on any atom is -0.385 e. The van der Waals surface area contributed by atoms with E-state index in [0.29, 0.717) is 26.4 Å². The standard InChI is InChI=1S/C8H18O3/c1-4-10-6-8(3,9)7-11-5-2/h9H,4-7H2,1-3H3. The van der Waals surface area contributed by atoms with Gasteiger partial charge in [0.1, 0.15) is 5.60 Å². The fraction of sp³-hybridized carbons (Fsp3) is 1.00. The van der Waals surface area contributed by atoms with Gasteiger partial charge in [-0.2, -0.15) is 0 Å². The third-order valence-electron chi connectivity index (χ3n) is 1.23. The van der Waals surface area contributed by atoms with Crippen LogP contribution in [0.15, 0.2) is 0 Å². The molecule has 0 aliphatic carbocycles. The molecule has 0 amide bonds. The Balaban J connectivity index is 3.43. The first-order valence-corrected chi connectivity index (χ1v) is 4.00. The smallest absolute Gasteiger partial charge is 0.108 e. The maximum atomic E-state index is 9.53. The SMILES string of the molecule is CCOCC(C)(O)COCC. The van der Waals surface area contributed by atoms with Gasteiger partial charge in [0, 0.05) is 13.2 Å². The maximum Gasteiger partial charge on any atom is 0.108 e. The van der Waals surface area contributed by atoms with E-state index in [9.17, 15) is 5.11 Å². The molecule has 0 unspecified atom stereocenters. The number of ether oxygens (including phenoxy) is 2. The highest BCUT2D eigenvalue weighted by molar-refractivity contribution is 4.70. The summed E-state index contributed by atoms with van der Waals surface area (Å²) < 4.78 is 10.1. The fourth-order valence-electron chi connectivity index (χ4n) is 0.686. The van der Waals surface area contributed by atoms with Crippen molar-refractivity contribution in [3.63, 3.8) is 0 Å². The lowest BCUT2D eigenvalue weighted by Gasteiger charge is -2.22. The Hall–Kier alpha value is -0.120. The first-order chi connectivity index (χ1) is 5.12. The Bertz CT molecular complexity index is 81.3. The topological polar surface area (TPSA) is 38.7 Å². The summed E-state index contributed by atoms with van der Waals surface area (Å²) in [6.45, 7) is 7.43. The highest BCUT2D eigenvalue weighted by Gasteiger charge is 2.19. The lowest BCUT2D eigenvalue weighted by molar-refractivity contribution is -0.0804. The minimum absolute atomic E-state index is 0.337. The van der Waals surface area contributed by atoms with Crippen LogP contribution in [0.25, 0.3) is 0 Å². The van der Waals surface area contributed by atoms with E-state index in [0.717, 1.165) is 0 Å². The quantitative estimate of drug-likeness (QED) is 0.628. The summed E-state index contributed by atoms with van der Waals surface area (Å²) in [6, 6.07) is 0. The van der Waals surface area contributed by atoms with E-state index < -0.39 is 5.60 Å². The molecule has 0 bridgehead atoms. The molecule has 0 rings (SSSR count). The van der Waals surface area contributed by atoms with Crippen molar-refractivity contribution in [1.29, 1.82) is 0 Å². The van der Waals surface area contributed by atoms with Crippen LogP contribution in [0.3, 0.4) is 0 Å². The molecule has 0 aromatic rings. The van der Waals surface area contributed by atoms with E-state index >= 15 is 0 Å². The molecule has 3 nitrogen and oxygen atoms in total. The summed E-state index contributed by atoms with van der Waals surface area (Å²) in [5.74, 6) is 0. The zero-order valence-electron chi connectivity index (χ0n) is 7.59. The maximum absolute atomic E-state index is 9.53. The van der Waals surface area contributed by atoms with E-state index in [1.54, 1.807) is 6.92 Å². The van der Waals surface area contributed by atoms with Crippen LogP contribution >= 0.6 is 0 Å². The summed E-state index contributed by atoms with van der Waals surface area (Å²) in [5, 5.41) is 9.53. The molecule has 0 spiro atoms. The van der Waals surface area contributed by atoms with Crippen LogP contribution < -0.4 is 0 Å². The predicted octanol–water partition coefficient (Wildman–Crippen LogP) is 0.810. The molecule has 0 saturated heterocycles. The second kappa shape index (κ2) is 5.52. The summed E-state index contributed by atoms with van der Waals surface area (Å²) in [5.41, 5.74) is -0.841. The van der Waals surface area contributed by atoms with Crippen LogP contribution in [0.2, 0.25) is 0 Å². The Morgan fingerprint density at radius 3 is 1.73 bits per heavy atom. The average molecular weight is 162 g/mol. The fourth-order valence-corrected chi connectivity index (χ4v) is 0.686. The second-order valence-corrected chi connectivity index (χ2v) is 2.77. The average Bonchev–Trinajstić information content (AvgIpc) is 1.97. The molecule has 0 atom stereocenters. The first kappa shape index (κ1) is 10.9. The van der Waals surface area contributed by atoms with E-state index in [1.165, 1.54) is 0 Å². The van der Waals surface area contributed by atoms with Gasteiger partial charge in [-0.25, -0.2) is 0 Å². The molecule has 0 saturated carbocycles. The molecule has 0 aromatic carbocycles. The van der Waals surface area contributed by atoms with Gasteiger partial charge in [0.2, 0.25) is 0 Å². The molecular weight excluding hydrogens is 144 g/mol. The third kappa shape index (κ3) is 6.28. The largest absolute Gasteiger partial charge is 0.385 e. The van der Waals surface area contributed by atoms with Gasteiger partial charge in [-0.3, -0.25) is 0 Å². The van der Waals surface area contributed by atoms with Crippen molar-refractivity contribution >= 4 is 0 Å². The molecule has 0 radical (unpaired) electrons. The van der Waals surface area contributed by atoms with Gasteiger partial charge in [-0.1, -0.05) is 0 Å². The van der Waals surface area contributed by atoms with Crippen molar-refractivity contribution in [1.82, 2.24) is 0 Å². The summed E-state index contributed by atoms with van der Waals surface area (Å²) in [7, 11) is 0. The molecule has 0 aliphatic heterocycles. The number of rotatable bonds is 6. The second-order valence-electron chi connectivity index (χ2n) is 2.77. The highest BCUT2D eigenvalue weighted by atomic mass is 16.5. The molecule has 0 fully saturated rings. The van der Waals surface area contributed by atoms with Crippen LogP contribution in [0.4, 0.5) is 0 Å². The van der Waals surface area contributed by atoms with Gasteiger partial charge in [0.15, 0.2) is 0 Å². The zero-order valence-corrected chi connectivity index (χ0v) is 7.59. The molecule has 0 aliphatic rings. The van der Waals surface area contributed by atoms with E-state index in [-0.39, 0.29) is 0 Å². The van der Waals surface area contributed by atoms with Gasteiger partial charge >= 0.3 is 0 Å². The van der Waals surface area contributed by atoms with Crippen molar-refractivity contribution in [2.45, 2.75) is 26.4 Å². The predicted molar refractivity (Wildman–Crippen MR) is 43.6 cm³/mol. The Kier molecular flexibility index (Phi) is 5.46. The van der Waals surface area contributed by atoms with Gasteiger partial charge in [-0.05, 0) is 20.8 Å². The zero-order chi connectivity index (χ0) is 8.74. The molecule has 1 N–H and O–H groups in total. The minimum atomic E-state index is -0.841. The van der Waals surface area contributed by atoms with Crippen molar-refractivity contribution in [2.75, 3.05) is 26.4 Å². The monoisotopic (exact) mass is 162 g/mol. The Morgan fingerprint density at radius 2 is 1.45 bits per heavy atom. The Morgan fingerprint density at radius 1 is 1.09 bits per heavy atom. The van der Waals surface area contributed by atoms with Crippen LogP contribution in [0.5, 0.6) is 0 Å². The van der Waals surface area contributed by atoms with Crippen molar-refractivity contribution < 1.29 is 14.6 Å². The van der Waals surface area contributed by atoms with Gasteiger partial charge < -0.3 is 14.6 Å². The van der Waals surface area contributed by atoms with Crippen LogP contribution in [-0.2, 0) is 9.47 Å². The Labute approximate surface area is 68.3 Å². The normalized spacial score (nSPS) is 12.0. The van der Waals surface area contributed by atoms with Crippen molar-refractivity contribution in [3.05, 3.63) is 0 Å². The van der Waals surface area contributed by atoms with Crippen LogP contribution in [0, 0.1) is 0 Å². The van der Waals surface area contributed by atoms with Crippen LogP contribution in [-0.4, -0.2) is 37.1 Å². The molecular formula is C8H18O3. The van der Waals surface area contributed by atoms with Crippen LogP contribution in [0.1, 0.15) is 20.8 Å². The number of aliphatic hydroxyl groups is 1. The molecule has 0 aromatic heterocycles. The molecule has 3 heteroatoms. The molecule has 68 valence electrons. The van der Waals surface area contributed by atoms with Gasteiger partial charge in [-0.15, -0.1) is 0 Å².